The summed E-state index contributed by atoms with van der Waals surface area (Å²) in [5.74, 6) is -0.159. The third kappa shape index (κ3) is 4.68. The number of nitrogens with one attached hydrogen (secondary N) is 2. The van der Waals surface area contributed by atoms with Crippen LogP contribution >= 0.6 is 11.3 Å². The van der Waals surface area contributed by atoms with Gasteiger partial charge in [0.05, 0.1) is 6.04 Å². The van der Waals surface area contributed by atoms with Gasteiger partial charge in [-0.2, -0.15) is 0 Å². The number of rotatable bonds is 6. The van der Waals surface area contributed by atoms with Gasteiger partial charge >= 0.3 is 6.03 Å². The molecule has 0 spiro atoms. The van der Waals surface area contributed by atoms with Gasteiger partial charge in [0, 0.05) is 30.1 Å². The molecular weight excluding hydrogens is 401 g/mol. The van der Waals surface area contributed by atoms with E-state index in [1.807, 2.05) is 41.8 Å². The molecule has 0 saturated carbocycles. The number of benzene rings is 2. The smallest absolute Gasteiger partial charge is 0.315 e. The van der Waals surface area contributed by atoms with E-state index in [4.69, 9.17) is 0 Å². The normalized spacial score (nSPS) is 14.6. The predicted octanol–water partition coefficient (Wildman–Crippen LogP) is 4.60. The molecule has 3 amide bonds. The lowest BCUT2D eigenvalue weighted by Gasteiger charge is -2.19. The van der Waals surface area contributed by atoms with Gasteiger partial charge in [-0.05, 0) is 53.3 Å². The first-order valence-corrected chi connectivity index (χ1v) is 10.7. The largest absolute Gasteiger partial charge is 0.334 e. The van der Waals surface area contributed by atoms with Crippen molar-refractivity contribution < 1.29 is 14.0 Å². The van der Waals surface area contributed by atoms with Crippen LogP contribution < -0.4 is 15.5 Å². The van der Waals surface area contributed by atoms with Gasteiger partial charge in [-0.15, -0.1) is 11.3 Å². The zero-order valence-electron chi connectivity index (χ0n) is 16.3. The minimum Gasteiger partial charge on any atom is -0.334 e. The van der Waals surface area contributed by atoms with E-state index in [-0.39, 0.29) is 23.8 Å². The standard InChI is InChI=1S/C23H22FN3O2S/c24-18-9-7-17(8-10-18)22(20-3-2-14-30-20)26-23(29)25-15-16-5-11-19(12-6-16)27-13-1-4-21(27)28/h2-3,5-12,14,22H,1,4,13,15H2,(H2,25,26,29)/t22-/m1/s1. The molecule has 5 nitrogen and oxygen atoms in total. The minimum absolute atomic E-state index is 0.153. The van der Waals surface area contributed by atoms with Crippen LogP contribution in [-0.4, -0.2) is 18.5 Å². The second-order valence-corrected chi connectivity index (χ2v) is 8.12. The third-order valence-electron chi connectivity index (χ3n) is 5.08. The van der Waals surface area contributed by atoms with Gasteiger partial charge in [-0.25, -0.2) is 9.18 Å². The summed E-state index contributed by atoms with van der Waals surface area (Å²) in [5.41, 5.74) is 2.64. The fourth-order valence-corrected chi connectivity index (χ4v) is 4.31. The molecule has 2 aromatic carbocycles. The van der Waals surface area contributed by atoms with Gasteiger partial charge in [0.25, 0.3) is 0 Å². The van der Waals surface area contributed by atoms with Crippen molar-refractivity contribution >= 4 is 29.0 Å². The number of urea groups is 1. The number of amides is 3. The van der Waals surface area contributed by atoms with Crippen LogP contribution in [0, 0.1) is 5.82 Å². The summed E-state index contributed by atoms with van der Waals surface area (Å²) < 4.78 is 13.3. The van der Waals surface area contributed by atoms with Gasteiger partial charge in [0.1, 0.15) is 5.82 Å². The first-order chi connectivity index (χ1) is 14.6. The fraction of sp³-hybridized carbons (Fsp3) is 0.217. The van der Waals surface area contributed by atoms with Gasteiger partial charge in [-0.1, -0.05) is 30.3 Å². The van der Waals surface area contributed by atoms with E-state index >= 15 is 0 Å². The summed E-state index contributed by atoms with van der Waals surface area (Å²) in [7, 11) is 0. The van der Waals surface area contributed by atoms with E-state index in [1.165, 1.54) is 23.5 Å². The van der Waals surface area contributed by atoms with Crippen molar-refractivity contribution in [3.8, 4) is 0 Å². The molecule has 0 bridgehead atoms. The second kappa shape index (κ2) is 9.09. The quantitative estimate of drug-likeness (QED) is 0.609. The van der Waals surface area contributed by atoms with Crippen LogP contribution in [0.15, 0.2) is 66.0 Å². The molecule has 1 aliphatic rings. The van der Waals surface area contributed by atoms with Crippen LogP contribution in [0.5, 0.6) is 0 Å². The zero-order chi connectivity index (χ0) is 20.9. The lowest BCUT2D eigenvalue weighted by molar-refractivity contribution is -0.117. The molecule has 1 aliphatic heterocycles. The molecule has 1 fully saturated rings. The highest BCUT2D eigenvalue weighted by molar-refractivity contribution is 7.10. The number of carbonyl (C=O) groups excluding carboxylic acids is 2. The van der Waals surface area contributed by atoms with E-state index < -0.39 is 0 Å². The highest BCUT2D eigenvalue weighted by Gasteiger charge is 2.21. The molecule has 1 atom stereocenters. The van der Waals surface area contributed by atoms with Crippen LogP contribution in [-0.2, 0) is 11.3 Å². The highest BCUT2D eigenvalue weighted by atomic mass is 32.1. The van der Waals surface area contributed by atoms with Gasteiger partial charge < -0.3 is 15.5 Å². The molecule has 0 unspecified atom stereocenters. The van der Waals surface area contributed by atoms with Crippen LogP contribution in [0.4, 0.5) is 14.9 Å². The maximum Gasteiger partial charge on any atom is 0.315 e. The Bertz CT molecular complexity index is 1000. The molecule has 1 saturated heterocycles. The number of hydrogen-bond donors (Lipinski definition) is 2. The maximum atomic E-state index is 13.3. The molecule has 154 valence electrons. The van der Waals surface area contributed by atoms with Crippen molar-refractivity contribution in [2.24, 2.45) is 0 Å². The van der Waals surface area contributed by atoms with Crippen LogP contribution in [0.1, 0.15) is 34.9 Å². The molecule has 1 aromatic heterocycles. The summed E-state index contributed by atoms with van der Waals surface area (Å²) in [6, 6.07) is 17.0. The first-order valence-electron chi connectivity index (χ1n) is 9.83. The average Bonchev–Trinajstić information content (AvgIpc) is 3.44. The lowest BCUT2D eigenvalue weighted by atomic mass is 10.1. The summed E-state index contributed by atoms with van der Waals surface area (Å²) >= 11 is 1.53. The fourth-order valence-electron chi connectivity index (χ4n) is 3.51. The number of halogens is 1. The van der Waals surface area contributed by atoms with Crippen LogP contribution in [0.25, 0.3) is 0 Å². The Morgan fingerprint density at radius 1 is 1.10 bits per heavy atom. The van der Waals surface area contributed by atoms with E-state index in [0.717, 1.165) is 34.7 Å². The topological polar surface area (TPSA) is 61.4 Å². The molecule has 2 N–H and O–H groups in total. The Balaban J connectivity index is 1.38. The number of hydrogen-bond acceptors (Lipinski definition) is 3. The summed E-state index contributed by atoms with van der Waals surface area (Å²) in [6.07, 6.45) is 1.49. The first kappa shape index (κ1) is 20.1. The minimum atomic E-state index is -0.353. The monoisotopic (exact) mass is 423 g/mol. The van der Waals surface area contributed by atoms with Crippen molar-refractivity contribution in [3.05, 3.63) is 87.9 Å². The summed E-state index contributed by atoms with van der Waals surface area (Å²) in [5, 5.41) is 7.79. The average molecular weight is 424 g/mol. The lowest BCUT2D eigenvalue weighted by Crippen LogP contribution is -2.37. The third-order valence-corrected chi connectivity index (χ3v) is 6.02. The Kier molecular flexibility index (Phi) is 6.09. The molecule has 0 radical (unpaired) electrons. The number of nitrogens with zero attached hydrogens (tertiary/aromatic N) is 1. The maximum absolute atomic E-state index is 13.3. The summed E-state index contributed by atoms with van der Waals surface area (Å²) in [4.78, 5) is 27.1. The highest BCUT2D eigenvalue weighted by Crippen LogP contribution is 2.26. The van der Waals surface area contributed by atoms with Gasteiger partial charge in [-0.3, -0.25) is 4.79 Å². The van der Waals surface area contributed by atoms with E-state index in [2.05, 4.69) is 10.6 Å². The van der Waals surface area contributed by atoms with Crippen molar-refractivity contribution in [1.29, 1.82) is 0 Å². The van der Waals surface area contributed by atoms with Crippen molar-refractivity contribution in [3.63, 3.8) is 0 Å². The molecule has 0 aliphatic carbocycles. The second-order valence-electron chi connectivity index (χ2n) is 7.14. The molecule has 7 heteroatoms. The molecule has 30 heavy (non-hydrogen) atoms. The Labute approximate surface area is 178 Å². The number of thiophene rings is 1. The Hall–Kier alpha value is -3.19. The molecule has 4 rings (SSSR count). The Morgan fingerprint density at radius 2 is 1.87 bits per heavy atom. The van der Waals surface area contributed by atoms with Gasteiger partial charge in [0.15, 0.2) is 0 Å². The number of anilines is 1. The van der Waals surface area contributed by atoms with Gasteiger partial charge in [0.2, 0.25) is 5.91 Å². The zero-order valence-corrected chi connectivity index (χ0v) is 17.1. The van der Waals surface area contributed by atoms with E-state index in [0.29, 0.717) is 13.0 Å². The van der Waals surface area contributed by atoms with Crippen LogP contribution in [0.2, 0.25) is 0 Å². The van der Waals surface area contributed by atoms with Crippen LogP contribution in [0.3, 0.4) is 0 Å². The van der Waals surface area contributed by atoms with Crippen molar-refractivity contribution in [2.45, 2.75) is 25.4 Å². The Morgan fingerprint density at radius 3 is 2.50 bits per heavy atom. The SMILES string of the molecule is O=C(NCc1ccc(N2CCCC2=O)cc1)N[C@H](c1ccc(F)cc1)c1cccs1. The number of carbonyl (C=O) groups is 2. The van der Waals surface area contributed by atoms with Crippen molar-refractivity contribution in [1.82, 2.24) is 10.6 Å². The van der Waals surface area contributed by atoms with E-state index in [1.54, 1.807) is 17.0 Å². The molecular formula is C23H22FN3O2S. The summed E-state index contributed by atoms with van der Waals surface area (Å²) in [6.45, 7) is 1.12. The predicted molar refractivity (Wildman–Crippen MR) is 116 cm³/mol. The van der Waals surface area contributed by atoms with Crippen molar-refractivity contribution in [2.75, 3.05) is 11.4 Å². The van der Waals surface area contributed by atoms with E-state index in [9.17, 15) is 14.0 Å². The molecule has 2 heterocycles. The molecule has 3 aromatic rings.